The van der Waals surface area contributed by atoms with E-state index in [9.17, 15) is 14.4 Å². The Hall–Kier alpha value is -2.46. The molecule has 0 spiro atoms. The molecule has 10 nitrogen and oxygen atoms in total. The van der Waals surface area contributed by atoms with Crippen molar-refractivity contribution in [1.29, 1.82) is 0 Å². The van der Waals surface area contributed by atoms with Crippen molar-refractivity contribution in [2.45, 2.75) is 44.2 Å². The first-order valence-electron chi connectivity index (χ1n) is 10.9. The number of nitrogens with one attached hydrogen (secondary N) is 1. The number of nitrogens with zero attached hydrogens (tertiary/aromatic N) is 5. The Kier molecular flexibility index (Phi) is 6.33. The summed E-state index contributed by atoms with van der Waals surface area (Å²) in [5, 5.41) is 6.73. The molecule has 3 saturated heterocycles. The molecule has 0 aliphatic carbocycles. The van der Waals surface area contributed by atoms with Crippen LogP contribution in [-0.4, -0.2) is 89.2 Å². The fraction of sp³-hybridized carbons (Fsp3) is 0.700. The van der Waals surface area contributed by atoms with Gasteiger partial charge in [0, 0.05) is 70.9 Å². The SMILES string of the molecule is NC1CCN(C(=O)CCN2CCN(c3cnn(C4CCC(=O)NC4=O)c3)CC2)CC1. The van der Waals surface area contributed by atoms with Gasteiger partial charge in [-0.05, 0) is 19.3 Å². The summed E-state index contributed by atoms with van der Waals surface area (Å²) in [7, 11) is 0. The third kappa shape index (κ3) is 4.81. The molecular weight excluding hydrogens is 386 g/mol. The fourth-order valence-corrected chi connectivity index (χ4v) is 4.39. The summed E-state index contributed by atoms with van der Waals surface area (Å²) in [6.45, 7) is 5.84. The monoisotopic (exact) mass is 417 g/mol. The summed E-state index contributed by atoms with van der Waals surface area (Å²) in [4.78, 5) is 42.3. The fourth-order valence-electron chi connectivity index (χ4n) is 4.39. The average molecular weight is 418 g/mol. The number of nitrogens with two attached hydrogens (primary N) is 1. The van der Waals surface area contributed by atoms with Gasteiger partial charge in [0.25, 0.3) is 5.91 Å². The van der Waals surface area contributed by atoms with Crippen LogP contribution in [0.5, 0.6) is 0 Å². The molecule has 3 aliphatic rings. The number of imide groups is 1. The summed E-state index contributed by atoms with van der Waals surface area (Å²) < 4.78 is 1.66. The number of anilines is 1. The van der Waals surface area contributed by atoms with Crippen LogP contribution in [0, 0.1) is 0 Å². The maximum absolute atomic E-state index is 12.4. The molecule has 0 aromatic carbocycles. The molecule has 164 valence electrons. The highest BCUT2D eigenvalue weighted by atomic mass is 16.2. The molecule has 0 saturated carbocycles. The van der Waals surface area contributed by atoms with Crippen molar-refractivity contribution in [2.75, 3.05) is 50.7 Å². The van der Waals surface area contributed by atoms with Crippen molar-refractivity contribution in [3.63, 3.8) is 0 Å². The zero-order valence-corrected chi connectivity index (χ0v) is 17.3. The van der Waals surface area contributed by atoms with Gasteiger partial charge in [0.1, 0.15) is 6.04 Å². The average Bonchev–Trinajstić information content (AvgIpc) is 3.23. The van der Waals surface area contributed by atoms with Gasteiger partial charge >= 0.3 is 0 Å². The highest BCUT2D eigenvalue weighted by Gasteiger charge is 2.29. The number of carbonyl (C=O) groups excluding carboxylic acids is 3. The Morgan fingerprint density at radius 3 is 2.53 bits per heavy atom. The molecule has 3 amide bonds. The predicted octanol–water partition coefficient (Wildman–Crippen LogP) is -0.677. The Bertz CT molecular complexity index is 779. The standard InChI is InChI=1S/C20H31N7O3/c21-15-3-7-26(8-4-15)19(29)5-6-24-9-11-25(12-10-24)16-13-22-27(14-16)17-1-2-18(28)23-20(17)30/h13-15,17H,1-12,21H2,(H,23,28,30). The van der Waals surface area contributed by atoms with Gasteiger partial charge in [0.05, 0.1) is 11.9 Å². The lowest BCUT2D eigenvalue weighted by atomic mass is 10.1. The molecule has 1 aromatic rings. The van der Waals surface area contributed by atoms with Crippen LogP contribution in [0.25, 0.3) is 0 Å². The predicted molar refractivity (Wildman–Crippen MR) is 111 cm³/mol. The molecule has 0 bridgehead atoms. The molecular formula is C20H31N7O3. The minimum atomic E-state index is -0.423. The van der Waals surface area contributed by atoms with Crippen molar-refractivity contribution < 1.29 is 14.4 Å². The van der Waals surface area contributed by atoms with Crippen LogP contribution in [0.15, 0.2) is 12.4 Å². The van der Waals surface area contributed by atoms with Crippen LogP contribution < -0.4 is 16.0 Å². The second kappa shape index (κ2) is 9.13. The first-order valence-corrected chi connectivity index (χ1v) is 10.9. The molecule has 1 atom stereocenters. The number of piperazine rings is 1. The topological polar surface area (TPSA) is 117 Å². The van der Waals surface area contributed by atoms with E-state index >= 15 is 0 Å². The van der Waals surface area contributed by atoms with E-state index in [2.05, 4.69) is 20.2 Å². The Morgan fingerprint density at radius 1 is 1.10 bits per heavy atom. The van der Waals surface area contributed by atoms with Gasteiger partial charge in [-0.3, -0.25) is 29.3 Å². The van der Waals surface area contributed by atoms with E-state index in [-0.39, 0.29) is 23.8 Å². The van der Waals surface area contributed by atoms with E-state index in [4.69, 9.17) is 5.73 Å². The quantitative estimate of drug-likeness (QED) is 0.610. The van der Waals surface area contributed by atoms with Crippen LogP contribution in [0.1, 0.15) is 38.1 Å². The van der Waals surface area contributed by atoms with Crippen molar-refractivity contribution >= 4 is 23.4 Å². The number of likely N-dealkylation sites (tertiary alicyclic amines) is 1. The first-order chi connectivity index (χ1) is 14.5. The second-order valence-corrected chi connectivity index (χ2v) is 8.44. The molecule has 3 aliphatic heterocycles. The van der Waals surface area contributed by atoms with Gasteiger partial charge in [-0.2, -0.15) is 5.10 Å². The number of rotatable bonds is 5. The van der Waals surface area contributed by atoms with E-state index in [1.165, 1.54) is 0 Å². The Labute approximate surface area is 176 Å². The van der Waals surface area contributed by atoms with E-state index in [1.54, 1.807) is 10.9 Å². The van der Waals surface area contributed by atoms with Crippen LogP contribution in [0.2, 0.25) is 0 Å². The lowest BCUT2D eigenvalue weighted by molar-refractivity contribution is -0.136. The van der Waals surface area contributed by atoms with Gasteiger partial charge in [-0.1, -0.05) is 0 Å². The van der Waals surface area contributed by atoms with Crippen molar-refractivity contribution in [3.8, 4) is 0 Å². The van der Waals surface area contributed by atoms with Crippen LogP contribution in [0.3, 0.4) is 0 Å². The normalized spacial score (nSPS) is 24.2. The third-order valence-electron chi connectivity index (χ3n) is 6.39. The van der Waals surface area contributed by atoms with Crippen molar-refractivity contribution in [3.05, 3.63) is 12.4 Å². The maximum atomic E-state index is 12.4. The molecule has 10 heteroatoms. The smallest absolute Gasteiger partial charge is 0.251 e. The number of aromatic nitrogens is 2. The number of hydrogen-bond donors (Lipinski definition) is 2. The summed E-state index contributed by atoms with van der Waals surface area (Å²) in [6.07, 6.45) is 6.85. The van der Waals surface area contributed by atoms with E-state index < -0.39 is 6.04 Å². The summed E-state index contributed by atoms with van der Waals surface area (Å²) >= 11 is 0. The number of amides is 3. The highest BCUT2D eigenvalue weighted by molar-refractivity contribution is 5.99. The van der Waals surface area contributed by atoms with Crippen molar-refractivity contribution in [2.24, 2.45) is 5.73 Å². The number of carbonyl (C=O) groups is 3. The molecule has 4 rings (SSSR count). The first kappa shape index (κ1) is 20.8. The molecule has 30 heavy (non-hydrogen) atoms. The van der Waals surface area contributed by atoms with Crippen LogP contribution in [-0.2, 0) is 14.4 Å². The van der Waals surface area contributed by atoms with E-state index in [0.29, 0.717) is 19.3 Å². The van der Waals surface area contributed by atoms with Gasteiger partial charge < -0.3 is 15.5 Å². The Balaban J connectivity index is 1.22. The van der Waals surface area contributed by atoms with Crippen LogP contribution in [0.4, 0.5) is 5.69 Å². The zero-order chi connectivity index (χ0) is 21.1. The number of piperidine rings is 2. The lowest BCUT2D eigenvalue weighted by Crippen LogP contribution is -2.48. The Morgan fingerprint density at radius 2 is 1.83 bits per heavy atom. The highest BCUT2D eigenvalue weighted by Crippen LogP contribution is 2.22. The summed E-state index contributed by atoms with van der Waals surface area (Å²) in [5.41, 5.74) is 6.90. The molecule has 0 radical (unpaired) electrons. The maximum Gasteiger partial charge on any atom is 0.251 e. The van der Waals surface area contributed by atoms with E-state index in [0.717, 1.165) is 64.3 Å². The molecule has 3 N–H and O–H groups in total. The lowest BCUT2D eigenvalue weighted by Gasteiger charge is -2.36. The minimum Gasteiger partial charge on any atom is -0.366 e. The molecule has 1 aromatic heterocycles. The minimum absolute atomic E-state index is 0.220. The second-order valence-electron chi connectivity index (χ2n) is 8.44. The van der Waals surface area contributed by atoms with Crippen LogP contribution >= 0.6 is 0 Å². The largest absolute Gasteiger partial charge is 0.366 e. The van der Waals surface area contributed by atoms with Gasteiger partial charge in [0.2, 0.25) is 11.8 Å². The molecule has 4 heterocycles. The van der Waals surface area contributed by atoms with Crippen molar-refractivity contribution in [1.82, 2.24) is 24.9 Å². The summed E-state index contributed by atoms with van der Waals surface area (Å²) in [5.74, 6) is -0.275. The zero-order valence-electron chi connectivity index (χ0n) is 17.3. The van der Waals surface area contributed by atoms with Gasteiger partial charge in [-0.15, -0.1) is 0 Å². The van der Waals surface area contributed by atoms with Gasteiger partial charge in [-0.25, -0.2) is 0 Å². The molecule has 1 unspecified atom stereocenters. The third-order valence-corrected chi connectivity index (χ3v) is 6.39. The summed E-state index contributed by atoms with van der Waals surface area (Å²) in [6, 6.07) is -0.186. The molecule has 3 fully saturated rings. The van der Waals surface area contributed by atoms with E-state index in [1.807, 2.05) is 11.1 Å². The van der Waals surface area contributed by atoms with Gasteiger partial charge in [0.15, 0.2) is 0 Å². The number of hydrogen-bond acceptors (Lipinski definition) is 7.